The van der Waals surface area contributed by atoms with E-state index < -0.39 is 0 Å². The van der Waals surface area contributed by atoms with Gasteiger partial charge in [-0.2, -0.15) is 0 Å². The van der Waals surface area contributed by atoms with Crippen LogP contribution in [0.25, 0.3) is 199 Å². The zero-order chi connectivity index (χ0) is 66.0. The molecule has 10 aromatic carbocycles. The predicted octanol–water partition coefficient (Wildman–Crippen LogP) is 22.2. The van der Waals surface area contributed by atoms with Crippen molar-refractivity contribution in [3.8, 4) is 89.7 Å². The van der Waals surface area contributed by atoms with Gasteiger partial charge in [0.1, 0.15) is 0 Å². The standard InChI is InChI=1S/2C45H27N5/c1-2-6-40-36(5-1)37(23-25-46-40)41-22-18-31-12-16-35(27-43(31)49-41)34-15-11-30-17-20-38(48-42(30)26-34)28-7-9-29(10-8-28)39-21-19-33-14-13-32-4-3-24-47-44(32)45(33)50-39;1-2-6-40-36(5-1)37(22-24-46-40)41-20-17-31-12-14-34(27-43(31)50-41)33-13-11-30-16-19-39(49-42(30)26-33)29-9-7-28(8-10-29)35-21-25-48-45-38(35)18-15-32-4-3-23-47-44(32)45/h2*1-27H. The van der Waals surface area contributed by atoms with Crippen LogP contribution in [-0.4, -0.2) is 49.8 Å². The first-order valence-electron chi connectivity index (χ1n) is 33.3. The molecule has 0 bridgehead atoms. The smallest absolute Gasteiger partial charge is 0.0972 e. The van der Waals surface area contributed by atoms with Gasteiger partial charge in [-0.3, -0.25) is 24.9 Å². The fourth-order valence-corrected chi connectivity index (χ4v) is 14.0. The van der Waals surface area contributed by atoms with E-state index in [-0.39, 0.29) is 0 Å². The Morgan fingerprint density at radius 2 is 0.490 bits per heavy atom. The average Bonchev–Trinajstić information content (AvgIpc) is 0.789. The van der Waals surface area contributed by atoms with E-state index in [2.05, 4.69) is 262 Å². The fraction of sp³-hybridized carbons (Fsp3) is 0. The van der Waals surface area contributed by atoms with E-state index in [0.29, 0.717) is 0 Å². The summed E-state index contributed by atoms with van der Waals surface area (Å²) >= 11 is 0. The number of rotatable bonds is 8. The van der Waals surface area contributed by atoms with Crippen LogP contribution >= 0.6 is 0 Å². The van der Waals surface area contributed by atoms with E-state index in [9.17, 15) is 0 Å². The minimum absolute atomic E-state index is 0.918. The summed E-state index contributed by atoms with van der Waals surface area (Å²) in [5.74, 6) is 0. The molecule has 10 heteroatoms. The molecule has 100 heavy (non-hydrogen) atoms. The molecule has 0 saturated heterocycles. The van der Waals surface area contributed by atoms with E-state index >= 15 is 0 Å². The first-order valence-corrected chi connectivity index (χ1v) is 33.3. The van der Waals surface area contributed by atoms with Crippen LogP contribution in [0.15, 0.2) is 328 Å². The number of fused-ring (bicyclic) bond motifs is 12. The molecule has 20 aromatic rings. The maximum atomic E-state index is 5.12. The van der Waals surface area contributed by atoms with E-state index in [4.69, 9.17) is 24.9 Å². The lowest BCUT2D eigenvalue weighted by atomic mass is 9.98. The van der Waals surface area contributed by atoms with Crippen LogP contribution in [0.4, 0.5) is 0 Å². The SMILES string of the molecule is c1cnc2c(c1)ccc1c(-c3ccc(-c4ccc5ccc(-c6ccc7ccc(-c8ccnc9ccccc89)nc7c6)cc5n4)cc3)ccnc12.c1cnc2c(c1)ccc1ccc(-c3ccc(-c4ccc5ccc(-c6ccc7ccc(-c8ccnc9ccccc89)nc7c6)cc5n4)cc3)nc12. The van der Waals surface area contributed by atoms with Crippen LogP contribution in [0.2, 0.25) is 0 Å². The molecular formula is C90H54N10. The molecule has 10 aromatic heterocycles. The van der Waals surface area contributed by atoms with Gasteiger partial charge in [0.25, 0.3) is 0 Å². The zero-order valence-corrected chi connectivity index (χ0v) is 53.6. The second kappa shape index (κ2) is 24.2. The van der Waals surface area contributed by atoms with Gasteiger partial charge < -0.3 is 0 Å². The van der Waals surface area contributed by atoms with Crippen molar-refractivity contribution in [3.63, 3.8) is 0 Å². The predicted molar refractivity (Wildman–Crippen MR) is 409 cm³/mol. The van der Waals surface area contributed by atoms with Crippen molar-refractivity contribution in [1.82, 2.24) is 49.8 Å². The maximum Gasteiger partial charge on any atom is 0.0972 e. The summed E-state index contributed by atoms with van der Waals surface area (Å²) in [6.45, 7) is 0. The molecule has 0 fully saturated rings. The summed E-state index contributed by atoms with van der Waals surface area (Å²) in [5.41, 5.74) is 26.1. The van der Waals surface area contributed by atoms with Gasteiger partial charge in [-0.1, -0.05) is 200 Å². The Labute approximate surface area is 573 Å². The fourth-order valence-electron chi connectivity index (χ4n) is 14.0. The van der Waals surface area contributed by atoms with E-state index in [0.717, 1.165) is 199 Å². The number of hydrogen-bond donors (Lipinski definition) is 0. The van der Waals surface area contributed by atoms with Gasteiger partial charge >= 0.3 is 0 Å². The van der Waals surface area contributed by atoms with Crippen LogP contribution in [0.1, 0.15) is 0 Å². The highest BCUT2D eigenvalue weighted by molar-refractivity contribution is 6.09. The summed E-state index contributed by atoms with van der Waals surface area (Å²) in [6, 6.07) is 103. The van der Waals surface area contributed by atoms with Crippen LogP contribution in [0.5, 0.6) is 0 Å². The van der Waals surface area contributed by atoms with Crippen LogP contribution in [0, 0.1) is 0 Å². The summed E-state index contributed by atoms with van der Waals surface area (Å²) in [4.78, 5) is 48.4. The second-order valence-electron chi connectivity index (χ2n) is 25.1. The quantitative estimate of drug-likeness (QED) is 0.136. The van der Waals surface area contributed by atoms with Gasteiger partial charge in [-0.25, -0.2) is 24.9 Å². The van der Waals surface area contributed by atoms with Crippen molar-refractivity contribution < 1.29 is 0 Å². The van der Waals surface area contributed by atoms with Gasteiger partial charge in [-0.05, 0) is 130 Å². The average molecular weight is 1280 g/mol. The van der Waals surface area contributed by atoms with Crippen molar-refractivity contribution in [2.75, 3.05) is 0 Å². The Kier molecular flexibility index (Phi) is 14.0. The highest BCUT2D eigenvalue weighted by atomic mass is 14.8. The van der Waals surface area contributed by atoms with Crippen LogP contribution in [0.3, 0.4) is 0 Å². The summed E-state index contributed by atoms with van der Waals surface area (Å²) in [7, 11) is 0. The molecule has 0 N–H and O–H groups in total. The van der Waals surface area contributed by atoms with Gasteiger partial charge in [0.15, 0.2) is 0 Å². The number of para-hydroxylation sites is 2. The highest BCUT2D eigenvalue weighted by Crippen LogP contribution is 2.37. The van der Waals surface area contributed by atoms with Crippen molar-refractivity contribution >= 4 is 109 Å². The molecule has 0 aliphatic heterocycles. The molecule has 0 saturated carbocycles. The van der Waals surface area contributed by atoms with Crippen molar-refractivity contribution in [2.24, 2.45) is 0 Å². The van der Waals surface area contributed by atoms with E-state index in [1.165, 1.54) is 0 Å². The Bertz CT molecular complexity index is 6620. The first kappa shape index (κ1) is 57.7. The lowest BCUT2D eigenvalue weighted by Crippen LogP contribution is -1.90. The maximum absolute atomic E-state index is 5.12. The van der Waals surface area contributed by atoms with Crippen molar-refractivity contribution in [3.05, 3.63) is 328 Å². The number of nitrogens with zero attached hydrogens (tertiary/aromatic N) is 10. The molecule has 0 atom stereocenters. The minimum Gasteiger partial charge on any atom is -0.256 e. The highest BCUT2D eigenvalue weighted by Gasteiger charge is 2.16. The molecular weight excluding hydrogens is 1220 g/mol. The second-order valence-corrected chi connectivity index (χ2v) is 25.1. The Morgan fingerprint density at radius 3 is 0.970 bits per heavy atom. The van der Waals surface area contributed by atoms with Gasteiger partial charge in [-0.15, -0.1) is 0 Å². The van der Waals surface area contributed by atoms with Gasteiger partial charge in [0.05, 0.1) is 83.6 Å². The normalized spacial score (nSPS) is 11.6. The first-order chi connectivity index (χ1) is 49.5. The molecule has 20 rings (SSSR count). The molecule has 464 valence electrons. The van der Waals surface area contributed by atoms with E-state index in [1.54, 1.807) is 0 Å². The summed E-state index contributed by atoms with van der Waals surface area (Å²) in [6.07, 6.45) is 9.23. The summed E-state index contributed by atoms with van der Waals surface area (Å²) < 4.78 is 0. The number of aromatic nitrogens is 10. The third-order valence-corrected chi connectivity index (χ3v) is 19.2. The summed E-state index contributed by atoms with van der Waals surface area (Å²) in [5, 5.41) is 11.0. The van der Waals surface area contributed by atoms with Gasteiger partial charge in [0, 0.05) is 113 Å². The van der Waals surface area contributed by atoms with Crippen molar-refractivity contribution in [1.29, 1.82) is 0 Å². The molecule has 0 amide bonds. The lowest BCUT2D eigenvalue weighted by molar-refractivity contribution is 1.36. The molecule has 0 unspecified atom stereocenters. The monoisotopic (exact) mass is 1270 g/mol. The third-order valence-electron chi connectivity index (χ3n) is 19.2. The Balaban J connectivity index is 0.000000139. The molecule has 0 radical (unpaired) electrons. The Morgan fingerprint density at radius 1 is 0.160 bits per heavy atom. The molecule has 0 aliphatic rings. The van der Waals surface area contributed by atoms with Crippen molar-refractivity contribution in [2.45, 2.75) is 0 Å². The topological polar surface area (TPSA) is 129 Å². The van der Waals surface area contributed by atoms with Crippen LogP contribution < -0.4 is 0 Å². The zero-order valence-electron chi connectivity index (χ0n) is 53.6. The largest absolute Gasteiger partial charge is 0.256 e. The molecule has 0 spiro atoms. The Hall–Kier alpha value is -13.7. The number of pyridine rings is 10. The number of hydrogen-bond acceptors (Lipinski definition) is 10. The van der Waals surface area contributed by atoms with Crippen LogP contribution in [-0.2, 0) is 0 Å². The minimum atomic E-state index is 0.918. The molecule has 10 nitrogen and oxygen atoms in total. The lowest BCUT2D eigenvalue weighted by Gasteiger charge is -2.10. The molecule has 10 heterocycles. The van der Waals surface area contributed by atoms with Gasteiger partial charge in [0.2, 0.25) is 0 Å². The van der Waals surface area contributed by atoms with E-state index in [1.807, 2.05) is 91.6 Å². The third kappa shape index (κ3) is 10.6. The molecule has 0 aliphatic carbocycles. The number of benzene rings is 10.